The van der Waals surface area contributed by atoms with Gasteiger partial charge in [-0.25, -0.2) is 0 Å². The fourth-order valence-corrected chi connectivity index (χ4v) is 2.22. The quantitative estimate of drug-likeness (QED) is 0.753. The smallest absolute Gasteiger partial charge is 0.305 e. The van der Waals surface area contributed by atoms with Gasteiger partial charge in [-0.15, -0.1) is 0 Å². The number of aliphatic carboxylic acids is 1. The Hall–Kier alpha value is -2.30. The lowest BCUT2D eigenvalue weighted by Gasteiger charge is -2.03. The standard InChI is InChI=1S/C15H18N2O3/c1-10-3-2-4-12-11(9-17-15(10)12)5-6-13(18)16-8-7-14(19)20/h2-4,9,17H,5-8H2,1H3,(H,16,18)(H,19,20). The van der Waals surface area contributed by atoms with E-state index in [9.17, 15) is 9.59 Å². The number of carboxylic acid groups (broad SMARTS) is 1. The number of aromatic amines is 1. The van der Waals surface area contributed by atoms with Crippen LogP contribution in [0.4, 0.5) is 0 Å². The van der Waals surface area contributed by atoms with Gasteiger partial charge in [-0.3, -0.25) is 9.59 Å². The number of hydrogen-bond donors (Lipinski definition) is 3. The number of carbonyl (C=O) groups excluding carboxylic acids is 1. The molecule has 0 spiro atoms. The lowest BCUT2D eigenvalue weighted by atomic mass is 10.1. The summed E-state index contributed by atoms with van der Waals surface area (Å²) in [6.45, 7) is 2.22. The van der Waals surface area contributed by atoms with Gasteiger partial charge in [0, 0.05) is 30.1 Å². The minimum atomic E-state index is -0.905. The van der Waals surface area contributed by atoms with Crippen LogP contribution in [0.15, 0.2) is 24.4 Å². The fraction of sp³-hybridized carbons (Fsp3) is 0.333. The molecule has 0 aliphatic carbocycles. The number of aromatic nitrogens is 1. The maximum Gasteiger partial charge on any atom is 0.305 e. The van der Waals surface area contributed by atoms with Gasteiger partial charge in [0.1, 0.15) is 0 Å². The van der Waals surface area contributed by atoms with Gasteiger partial charge in [-0.1, -0.05) is 18.2 Å². The molecule has 0 saturated carbocycles. The summed E-state index contributed by atoms with van der Waals surface area (Å²) in [7, 11) is 0. The first-order chi connectivity index (χ1) is 9.58. The van der Waals surface area contributed by atoms with Crippen LogP contribution in [0.2, 0.25) is 0 Å². The highest BCUT2D eigenvalue weighted by Crippen LogP contribution is 2.22. The molecule has 2 rings (SSSR count). The number of aryl methyl sites for hydroxylation is 2. The molecule has 0 aliphatic rings. The molecule has 1 aromatic heterocycles. The van der Waals surface area contributed by atoms with Crippen LogP contribution in [0.5, 0.6) is 0 Å². The molecule has 2 aromatic rings. The predicted molar refractivity (Wildman–Crippen MR) is 76.6 cm³/mol. The number of rotatable bonds is 6. The third-order valence-electron chi connectivity index (χ3n) is 3.29. The first-order valence-corrected chi connectivity index (χ1v) is 6.62. The van der Waals surface area contributed by atoms with Gasteiger partial charge < -0.3 is 15.4 Å². The van der Waals surface area contributed by atoms with Crippen LogP contribution < -0.4 is 5.32 Å². The average Bonchev–Trinajstić information content (AvgIpc) is 2.80. The van der Waals surface area contributed by atoms with Crippen LogP contribution in [0.3, 0.4) is 0 Å². The molecule has 1 heterocycles. The van der Waals surface area contributed by atoms with Crippen molar-refractivity contribution in [2.75, 3.05) is 6.54 Å². The molecule has 5 nitrogen and oxygen atoms in total. The van der Waals surface area contributed by atoms with Gasteiger partial charge >= 0.3 is 5.97 Å². The van der Waals surface area contributed by atoms with Crippen molar-refractivity contribution in [3.8, 4) is 0 Å². The van der Waals surface area contributed by atoms with Crippen molar-refractivity contribution in [2.24, 2.45) is 0 Å². The fourth-order valence-electron chi connectivity index (χ4n) is 2.22. The molecule has 0 radical (unpaired) electrons. The van der Waals surface area contributed by atoms with E-state index in [0.717, 1.165) is 16.5 Å². The zero-order valence-corrected chi connectivity index (χ0v) is 11.4. The number of amides is 1. The molecule has 3 N–H and O–H groups in total. The van der Waals surface area contributed by atoms with E-state index in [0.29, 0.717) is 12.8 Å². The Morgan fingerprint density at radius 1 is 1.30 bits per heavy atom. The normalized spacial score (nSPS) is 10.7. The Balaban J connectivity index is 1.91. The van der Waals surface area contributed by atoms with Crippen LogP contribution in [0.1, 0.15) is 24.0 Å². The lowest BCUT2D eigenvalue weighted by Crippen LogP contribution is -2.26. The van der Waals surface area contributed by atoms with Gasteiger partial charge in [-0.05, 0) is 24.5 Å². The third kappa shape index (κ3) is 3.38. The Morgan fingerprint density at radius 3 is 2.85 bits per heavy atom. The number of fused-ring (bicyclic) bond motifs is 1. The summed E-state index contributed by atoms with van der Waals surface area (Å²) in [6, 6.07) is 6.08. The average molecular weight is 274 g/mol. The van der Waals surface area contributed by atoms with Gasteiger partial charge in [0.2, 0.25) is 5.91 Å². The largest absolute Gasteiger partial charge is 0.481 e. The Kier molecular flexibility index (Phi) is 4.40. The summed E-state index contributed by atoms with van der Waals surface area (Å²) in [5.41, 5.74) is 3.39. The van der Waals surface area contributed by atoms with Gasteiger partial charge in [-0.2, -0.15) is 0 Å². The van der Waals surface area contributed by atoms with E-state index >= 15 is 0 Å². The van der Waals surface area contributed by atoms with Crippen LogP contribution in [0.25, 0.3) is 10.9 Å². The molecule has 106 valence electrons. The lowest BCUT2D eigenvalue weighted by molar-refractivity contribution is -0.136. The Bertz CT molecular complexity index is 631. The van der Waals surface area contributed by atoms with Crippen LogP contribution in [-0.2, 0) is 16.0 Å². The predicted octanol–water partition coefficient (Wildman–Crippen LogP) is 2.00. The molecule has 0 bridgehead atoms. The zero-order chi connectivity index (χ0) is 14.5. The van der Waals surface area contributed by atoms with E-state index in [1.54, 1.807) is 0 Å². The third-order valence-corrected chi connectivity index (χ3v) is 3.29. The van der Waals surface area contributed by atoms with Crippen molar-refractivity contribution >= 4 is 22.8 Å². The number of nitrogens with one attached hydrogen (secondary N) is 2. The monoisotopic (exact) mass is 274 g/mol. The van der Waals surface area contributed by atoms with E-state index in [1.165, 1.54) is 5.56 Å². The van der Waals surface area contributed by atoms with E-state index in [1.807, 2.05) is 31.3 Å². The van der Waals surface area contributed by atoms with Crippen LogP contribution in [-0.4, -0.2) is 28.5 Å². The molecule has 1 amide bonds. The maximum absolute atomic E-state index is 11.6. The summed E-state index contributed by atoms with van der Waals surface area (Å²) in [4.78, 5) is 25.2. The van der Waals surface area contributed by atoms with Gasteiger partial charge in [0.25, 0.3) is 0 Å². The van der Waals surface area contributed by atoms with Crippen molar-refractivity contribution in [3.05, 3.63) is 35.5 Å². The summed E-state index contributed by atoms with van der Waals surface area (Å²) >= 11 is 0. The highest BCUT2D eigenvalue weighted by Gasteiger charge is 2.08. The van der Waals surface area contributed by atoms with Crippen molar-refractivity contribution in [1.82, 2.24) is 10.3 Å². The molecule has 0 fully saturated rings. The Morgan fingerprint density at radius 2 is 2.10 bits per heavy atom. The number of hydrogen-bond acceptors (Lipinski definition) is 2. The first-order valence-electron chi connectivity index (χ1n) is 6.62. The van der Waals surface area contributed by atoms with Crippen LogP contribution in [0, 0.1) is 6.92 Å². The van der Waals surface area contributed by atoms with E-state index in [-0.39, 0.29) is 18.9 Å². The second kappa shape index (κ2) is 6.23. The minimum absolute atomic E-state index is 0.0436. The van der Waals surface area contributed by atoms with Gasteiger partial charge in [0.05, 0.1) is 6.42 Å². The molecule has 20 heavy (non-hydrogen) atoms. The highest BCUT2D eigenvalue weighted by atomic mass is 16.4. The molecule has 0 aliphatic heterocycles. The minimum Gasteiger partial charge on any atom is -0.481 e. The summed E-state index contributed by atoms with van der Waals surface area (Å²) in [6.07, 6.45) is 2.89. The summed E-state index contributed by atoms with van der Waals surface area (Å²) < 4.78 is 0. The topological polar surface area (TPSA) is 82.2 Å². The van der Waals surface area contributed by atoms with E-state index in [4.69, 9.17) is 5.11 Å². The second-order valence-corrected chi connectivity index (χ2v) is 4.81. The highest BCUT2D eigenvalue weighted by molar-refractivity contribution is 5.86. The summed E-state index contributed by atoms with van der Waals surface area (Å²) in [5.74, 6) is -1.02. The van der Waals surface area contributed by atoms with Crippen LogP contribution >= 0.6 is 0 Å². The van der Waals surface area contributed by atoms with E-state index < -0.39 is 5.97 Å². The van der Waals surface area contributed by atoms with Crippen molar-refractivity contribution in [2.45, 2.75) is 26.2 Å². The molecule has 0 unspecified atom stereocenters. The zero-order valence-electron chi connectivity index (χ0n) is 11.4. The first kappa shape index (κ1) is 14.1. The summed E-state index contributed by atoms with van der Waals surface area (Å²) in [5, 5.41) is 12.2. The number of carbonyl (C=O) groups is 2. The maximum atomic E-state index is 11.6. The molecular weight excluding hydrogens is 256 g/mol. The number of benzene rings is 1. The number of carboxylic acids is 1. The molecule has 5 heteroatoms. The number of H-pyrrole nitrogens is 1. The second-order valence-electron chi connectivity index (χ2n) is 4.81. The van der Waals surface area contributed by atoms with E-state index in [2.05, 4.69) is 10.3 Å². The number of para-hydroxylation sites is 1. The molecule has 0 atom stereocenters. The SMILES string of the molecule is Cc1cccc2c(CCC(=O)NCCC(=O)O)c[nH]c12. The molecule has 1 aromatic carbocycles. The molecule has 0 saturated heterocycles. The van der Waals surface area contributed by atoms with Gasteiger partial charge in [0.15, 0.2) is 0 Å². The Labute approximate surface area is 117 Å². The van der Waals surface area contributed by atoms with Crippen molar-refractivity contribution < 1.29 is 14.7 Å². The van der Waals surface area contributed by atoms with Crippen molar-refractivity contribution in [3.63, 3.8) is 0 Å². The van der Waals surface area contributed by atoms with Crippen molar-refractivity contribution in [1.29, 1.82) is 0 Å². The molecular formula is C15H18N2O3.